The van der Waals surface area contributed by atoms with Gasteiger partial charge in [-0.25, -0.2) is 12.8 Å². The van der Waals surface area contributed by atoms with Crippen molar-refractivity contribution in [3.05, 3.63) is 131 Å². The molecule has 7 nitrogen and oxygen atoms in total. The molecule has 9 heteroatoms. The molecule has 1 aliphatic carbocycles. The van der Waals surface area contributed by atoms with E-state index in [-0.39, 0.29) is 29.8 Å². The van der Waals surface area contributed by atoms with Gasteiger partial charge in [-0.15, -0.1) is 0 Å². The van der Waals surface area contributed by atoms with E-state index in [2.05, 4.69) is 5.32 Å². The molecule has 5 rings (SSSR count). The predicted molar refractivity (Wildman–Crippen MR) is 183 cm³/mol. The molecule has 1 atom stereocenters. The Kier molecular flexibility index (Phi) is 10.8. The summed E-state index contributed by atoms with van der Waals surface area (Å²) in [7, 11) is -4.20. The molecule has 47 heavy (non-hydrogen) atoms. The first-order valence-corrected chi connectivity index (χ1v) is 17.5. The molecule has 0 aliphatic heterocycles. The van der Waals surface area contributed by atoms with Crippen LogP contribution in [0.15, 0.2) is 102 Å². The summed E-state index contributed by atoms with van der Waals surface area (Å²) in [5.41, 5.74) is 4.36. The molecule has 1 fully saturated rings. The Hall–Kier alpha value is -4.50. The second-order valence-electron chi connectivity index (χ2n) is 12.4. The normalized spacial score (nSPS) is 14.0. The Morgan fingerprint density at radius 3 is 2.15 bits per heavy atom. The number of carbonyl (C=O) groups excluding carboxylic acids is 2. The smallest absolute Gasteiger partial charge is 0.264 e. The van der Waals surface area contributed by atoms with E-state index in [0.29, 0.717) is 11.3 Å². The van der Waals surface area contributed by atoms with E-state index in [1.54, 1.807) is 36.4 Å². The van der Waals surface area contributed by atoms with Crippen LogP contribution in [-0.4, -0.2) is 43.8 Å². The van der Waals surface area contributed by atoms with Crippen LogP contribution >= 0.6 is 0 Å². The Bertz CT molecular complexity index is 1790. The van der Waals surface area contributed by atoms with Crippen molar-refractivity contribution in [2.24, 2.45) is 0 Å². The Balaban J connectivity index is 1.58. The molecule has 4 aromatic rings. The molecule has 1 aliphatic rings. The van der Waals surface area contributed by atoms with Gasteiger partial charge in [-0.1, -0.05) is 85.1 Å². The van der Waals surface area contributed by atoms with Crippen molar-refractivity contribution >= 4 is 27.5 Å². The lowest BCUT2D eigenvalue weighted by Crippen LogP contribution is -2.54. The quantitative estimate of drug-likeness (QED) is 0.185. The van der Waals surface area contributed by atoms with Crippen molar-refractivity contribution in [1.82, 2.24) is 10.2 Å². The largest absolute Gasteiger partial charge is 0.352 e. The number of rotatable bonds is 12. The van der Waals surface area contributed by atoms with Crippen molar-refractivity contribution in [2.45, 2.75) is 76.4 Å². The van der Waals surface area contributed by atoms with Crippen molar-refractivity contribution in [3.8, 4) is 0 Å². The molecule has 4 aromatic carbocycles. The number of halogens is 1. The van der Waals surface area contributed by atoms with Crippen LogP contribution in [0.1, 0.15) is 53.5 Å². The molecule has 0 unspecified atom stereocenters. The highest BCUT2D eigenvalue weighted by molar-refractivity contribution is 7.92. The highest BCUT2D eigenvalue weighted by Crippen LogP contribution is 2.30. The van der Waals surface area contributed by atoms with Crippen LogP contribution in [0, 0.1) is 26.6 Å². The van der Waals surface area contributed by atoms with Gasteiger partial charge in [0.25, 0.3) is 10.0 Å². The highest BCUT2D eigenvalue weighted by atomic mass is 32.2. The summed E-state index contributed by atoms with van der Waals surface area (Å²) in [4.78, 5) is 30.3. The average molecular weight is 656 g/mol. The Morgan fingerprint density at radius 1 is 0.830 bits per heavy atom. The monoisotopic (exact) mass is 655 g/mol. The second kappa shape index (κ2) is 14.9. The standard InChI is InChI=1S/C38H42FN3O4S/c1-27-16-22-34(23-17-27)47(45,46)42(35-15-9-10-28(2)29(35)3)26-37(43)41(25-31-18-20-32(39)21-19-31)36(24-30-11-5-4-6-12-30)38(44)40-33-13-7-8-14-33/h4-6,9-12,15-23,33,36H,7-8,13-14,24-26H2,1-3H3,(H,40,44)/t36-/m1/s1. The fourth-order valence-electron chi connectivity index (χ4n) is 6.06. The number of amides is 2. The molecule has 0 bridgehead atoms. The zero-order chi connectivity index (χ0) is 33.6. The third-order valence-electron chi connectivity index (χ3n) is 8.97. The second-order valence-corrected chi connectivity index (χ2v) is 14.2. The first kappa shape index (κ1) is 33.9. The fourth-order valence-corrected chi connectivity index (χ4v) is 7.54. The molecule has 0 aromatic heterocycles. The number of nitrogens with zero attached hydrogens (tertiary/aromatic N) is 2. The van der Waals surface area contributed by atoms with Gasteiger partial charge in [-0.3, -0.25) is 13.9 Å². The van der Waals surface area contributed by atoms with Gasteiger partial charge in [0.15, 0.2) is 0 Å². The minimum absolute atomic E-state index is 0.0110. The van der Waals surface area contributed by atoms with Gasteiger partial charge in [0.2, 0.25) is 11.8 Å². The van der Waals surface area contributed by atoms with E-state index in [1.165, 1.54) is 29.2 Å². The average Bonchev–Trinajstić information content (AvgIpc) is 3.57. The van der Waals surface area contributed by atoms with Gasteiger partial charge in [-0.2, -0.15) is 0 Å². The summed E-state index contributed by atoms with van der Waals surface area (Å²) in [6.45, 7) is 5.04. The van der Waals surface area contributed by atoms with E-state index in [0.717, 1.165) is 52.2 Å². The highest BCUT2D eigenvalue weighted by Gasteiger charge is 2.36. The van der Waals surface area contributed by atoms with Crippen molar-refractivity contribution in [1.29, 1.82) is 0 Å². The summed E-state index contributed by atoms with van der Waals surface area (Å²) >= 11 is 0. The van der Waals surface area contributed by atoms with Crippen LogP contribution in [0.3, 0.4) is 0 Å². The number of benzene rings is 4. The van der Waals surface area contributed by atoms with Gasteiger partial charge in [0, 0.05) is 19.0 Å². The van der Waals surface area contributed by atoms with Crippen LogP contribution in [0.2, 0.25) is 0 Å². The molecule has 1 saturated carbocycles. The zero-order valence-corrected chi connectivity index (χ0v) is 28.0. The first-order valence-electron chi connectivity index (χ1n) is 16.1. The summed E-state index contributed by atoms with van der Waals surface area (Å²) in [5.74, 6) is -1.26. The molecular formula is C38H42FN3O4S. The summed E-state index contributed by atoms with van der Waals surface area (Å²) in [6, 6.07) is 26.2. The van der Waals surface area contributed by atoms with Crippen molar-refractivity contribution < 1.29 is 22.4 Å². The van der Waals surface area contributed by atoms with Crippen molar-refractivity contribution in [3.63, 3.8) is 0 Å². The number of nitrogens with one attached hydrogen (secondary N) is 1. The van der Waals surface area contributed by atoms with Crippen LogP contribution in [0.4, 0.5) is 10.1 Å². The van der Waals surface area contributed by atoms with Gasteiger partial charge in [-0.05, 0) is 86.2 Å². The van der Waals surface area contributed by atoms with Crippen LogP contribution < -0.4 is 9.62 Å². The molecule has 0 heterocycles. The number of aryl methyl sites for hydroxylation is 2. The molecule has 0 saturated heterocycles. The summed E-state index contributed by atoms with van der Waals surface area (Å²) in [6.07, 6.45) is 4.00. The number of hydrogen-bond acceptors (Lipinski definition) is 4. The number of sulfonamides is 1. The third kappa shape index (κ3) is 8.27. The minimum Gasteiger partial charge on any atom is -0.352 e. The van der Waals surface area contributed by atoms with Crippen molar-refractivity contribution in [2.75, 3.05) is 10.8 Å². The van der Waals surface area contributed by atoms with Gasteiger partial charge < -0.3 is 10.2 Å². The Labute approximate surface area is 277 Å². The lowest BCUT2D eigenvalue weighted by atomic mass is 10.0. The van der Waals surface area contributed by atoms with Gasteiger partial charge >= 0.3 is 0 Å². The topological polar surface area (TPSA) is 86.8 Å². The number of hydrogen-bond donors (Lipinski definition) is 1. The van der Waals surface area contributed by atoms with E-state index < -0.39 is 34.3 Å². The predicted octanol–water partition coefficient (Wildman–Crippen LogP) is 6.65. The van der Waals surface area contributed by atoms with E-state index in [4.69, 9.17) is 0 Å². The van der Waals surface area contributed by atoms with Crippen LogP contribution in [-0.2, 0) is 32.6 Å². The maximum Gasteiger partial charge on any atom is 0.264 e. The lowest BCUT2D eigenvalue weighted by molar-refractivity contribution is -0.140. The third-order valence-corrected chi connectivity index (χ3v) is 10.7. The molecule has 1 N–H and O–H groups in total. The lowest BCUT2D eigenvalue weighted by Gasteiger charge is -2.34. The zero-order valence-electron chi connectivity index (χ0n) is 27.2. The summed E-state index contributed by atoms with van der Waals surface area (Å²) < 4.78 is 43.7. The first-order chi connectivity index (χ1) is 22.5. The maximum absolute atomic E-state index is 14.7. The molecule has 246 valence electrons. The molecule has 2 amide bonds. The van der Waals surface area contributed by atoms with Gasteiger partial charge in [0.1, 0.15) is 18.4 Å². The van der Waals surface area contributed by atoms with Crippen LogP contribution in [0.5, 0.6) is 0 Å². The molecular weight excluding hydrogens is 614 g/mol. The minimum atomic E-state index is -4.20. The molecule has 0 spiro atoms. The number of anilines is 1. The van der Waals surface area contributed by atoms with Crippen LogP contribution in [0.25, 0.3) is 0 Å². The maximum atomic E-state index is 14.7. The molecule has 0 radical (unpaired) electrons. The number of carbonyl (C=O) groups is 2. The Morgan fingerprint density at radius 2 is 1.49 bits per heavy atom. The van der Waals surface area contributed by atoms with E-state index >= 15 is 0 Å². The fraction of sp³-hybridized carbons (Fsp3) is 0.316. The van der Waals surface area contributed by atoms with E-state index in [1.807, 2.05) is 57.2 Å². The van der Waals surface area contributed by atoms with Gasteiger partial charge in [0.05, 0.1) is 10.6 Å². The van der Waals surface area contributed by atoms with E-state index in [9.17, 15) is 22.4 Å². The summed E-state index contributed by atoms with van der Waals surface area (Å²) in [5, 5.41) is 3.17. The SMILES string of the molecule is Cc1ccc(S(=O)(=O)N(CC(=O)N(Cc2ccc(F)cc2)[C@H](Cc2ccccc2)C(=O)NC2CCCC2)c2cccc(C)c2C)cc1.